The Bertz CT molecular complexity index is 1630. The molecule has 1 amide bonds. The van der Waals surface area contributed by atoms with E-state index in [9.17, 15) is 14.7 Å². The third-order valence-electron chi connectivity index (χ3n) is 6.93. The predicted octanol–water partition coefficient (Wildman–Crippen LogP) is 7.91. The highest BCUT2D eigenvalue weighted by atomic mass is 35.5. The lowest BCUT2D eigenvalue weighted by Crippen LogP contribution is -2.29. The molecule has 10 heteroatoms. The lowest BCUT2D eigenvalue weighted by Gasteiger charge is -2.23. The van der Waals surface area contributed by atoms with Crippen LogP contribution in [-0.2, 0) is 15.3 Å². The van der Waals surface area contributed by atoms with Gasteiger partial charge in [-0.3, -0.25) is 14.5 Å². The van der Waals surface area contributed by atoms with Gasteiger partial charge in [-0.25, -0.2) is 0 Å². The fourth-order valence-electron chi connectivity index (χ4n) is 4.65. The third-order valence-corrected chi connectivity index (χ3v) is 9.31. The average molecular weight is 620 g/mol. The topological polar surface area (TPSA) is 92.6 Å². The number of thioether (sulfide) groups is 1. The van der Waals surface area contributed by atoms with Crippen LogP contribution < -0.4 is 9.64 Å². The molecule has 7 nitrogen and oxygen atoms in total. The fourth-order valence-corrected chi connectivity index (χ4v) is 6.60. The van der Waals surface area contributed by atoms with Crippen molar-refractivity contribution in [3.05, 3.63) is 105 Å². The number of amides is 1. The summed E-state index contributed by atoms with van der Waals surface area (Å²) in [6, 6.07) is 19.6. The Labute approximate surface area is 258 Å². The van der Waals surface area contributed by atoms with Crippen molar-refractivity contribution in [3.8, 4) is 5.75 Å². The molecule has 0 spiro atoms. The molecule has 4 aromatic rings. The minimum Gasteiger partial charge on any atom is -0.507 e. The third kappa shape index (κ3) is 6.38. The number of nitrogens with zero attached hydrogens (tertiary/aromatic N) is 3. The van der Waals surface area contributed by atoms with Crippen molar-refractivity contribution in [2.24, 2.45) is 0 Å². The molecule has 0 bridgehead atoms. The highest BCUT2D eigenvalue weighted by Gasteiger charge is 2.48. The molecule has 3 aromatic carbocycles. The van der Waals surface area contributed by atoms with E-state index in [0.717, 1.165) is 29.5 Å². The van der Waals surface area contributed by atoms with E-state index in [1.807, 2.05) is 80.6 Å². The molecule has 1 atom stereocenters. The summed E-state index contributed by atoms with van der Waals surface area (Å²) >= 11 is 8.71. The molecular weight excluding hydrogens is 590 g/mol. The first-order valence-corrected chi connectivity index (χ1v) is 15.8. The monoisotopic (exact) mass is 619 g/mol. The van der Waals surface area contributed by atoms with E-state index in [0.29, 0.717) is 38.6 Å². The standard InChI is InChI=1S/C32H30ClN3O4S2/c1-4-5-16-40-24-14-10-22(11-15-24)27-26(28(37)25-17-19(2)6-7-20(25)3)29(38)30(39)36(27)31-34-35-32(42-31)41-18-21-8-12-23(33)13-9-21/h6-15,17,27,37H,4-5,16,18H2,1-3H3/b28-26+. The van der Waals surface area contributed by atoms with Crippen LogP contribution >= 0.6 is 34.7 Å². The van der Waals surface area contributed by atoms with E-state index in [1.54, 1.807) is 0 Å². The highest BCUT2D eigenvalue weighted by molar-refractivity contribution is 8.00. The summed E-state index contributed by atoms with van der Waals surface area (Å²) in [4.78, 5) is 28.5. The van der Waals surface area contributed by atoms with E-state index < -0.39 is 17.7 Å². The molecule has 1 aliphatic heterocycles. The number of aliphatic hydroxyl groups excluding tert-OH is 1. The molecule has 216 valence electrons. The molecule has 1 fully saturated rings. The largest absolute Gasteiger partial charge is 0.507 e. The van der Waals surface area contributed by atoms with E-state index in [4.69, 9.17) is 16.3 Å². The number of aliphatic hydroxyl groups is 1. The quantitative estimate of drug-likeness (QED) is 0.0481. The van der Waals surface area contributed by atoms with Gasteiger partial charge in [0.05, 0.1) is 18.2 Å². The first-order chi connectivity index (χ1) is 20.3. The number of halogens is 1. The van der Waals surface area contributed by atoms with Crippen molar-refractivity contribution >= 4 is 57.3 Å². The summed E-state index contributed by atoms with van der Waals surface area (Å²) in [7, 11) is 0. The number of ether oxygens (including phenoxy) is 1. The molecule has 1 aliphatic rings. The number of carbonyl (C=O) groups excluding carboxylic acids is 2. The van der Waals surface area contributed by atoms with Crippen LogP contribution in [0.15, 0.2) is 76.6 Å². The molecule has 5 rings (SSSR count). The van der Waals surface area contributed by atoms with E-state index in [-0.39, 0.29) is 16.5 Å². The maximum atomic E-state index is 13.6. The smallest absolute Gasteiger partial charge is 0.301 e. The Morgan fingerprint density at radius 3 is 2.50 bits per heavy atom. The van der Waals surface area contributed by atoms with Crippen LogP contribution in [0.4, 0.5) is 5.13 Å². The molecule has 2 heterocycles. The van der Waals surface area contributed by atoms with Crippen molar-refractivity contribution in [2.75, 3.05) is 11.5 Å². The minimum absolute atomic E-state index is 0.0129. The van der Waals surface area contributed by atoms with Crippen LogP contribution in [-0.4, -0.2) is 33.6 Å². The Hall–Kier alpha value is -3.66. The predicted molar refractivity (Wildman–Crippen MR) is 168 cm³/mol. The van der Waals surface area contributed by atoms with Crippen LogP contribution in [0, 0.1) is 13.8 Å². The summed E-state index contributed by atoms with van der Waals surface area (Å²) in [6.07, 6.45) is 1.96. The van der Waals surface area contributed by atoms with Gasteiger partial charge in [-0.05, 0) is 67.3 Å². The molecule has 0 radical (unpaired) electrons. The molecule has 1 aromatic heterocycles. The Morgan fingerprint density at radius 1 is 1.05 bits per heavy atom. The SMILES string of the molecule is CCCCOc1ccc(C2/C(=C(\O)c3cc(C)ccc3C)C(=O)C(=O)N2c2nnc(SCc3ccc(Cl)cc3)s2)cc1. The molecule has 0 saturated carbocycles. The molecule has 1 unspecified atom stereocenters. The number of benzene rings is 3. The second-order valence-corrected chi connectivity index (χ2v) is 12.6. The van der Waals surface area contributed by atoms with Crippen molar-refractivity contribution in [1.29, 1.82) is 0 Å². The summed E-state index contributed by atoms with van der Waals surface area (Å²) in [5, 5.41) is 21.1. The zero-order chi connectivity index (χ0) is 29.8. The van der Waals surface area contributed by atoms with Crippen molar-refractivity contribution in [3.63, 3.8) is 0 Å². The number of aromatic nitrogens is 2. The number of carbonyl (C=O) groups is 2. The minimum atomic E-state index is -0.892. The van der Waals surface area contributed by atoms with Gasteiger partial charge < -0.3 is 9.84 Å². The van der Waals surface area contributed by atoms with Crippen molar-refractivity contribution in [1.82, 2.24) is 10.2 Å². The van der Waals surface area contributed by atoms with Crippen LogP contribution in [0.3, 0.4) is 0 Å². The number of anilines is 1. The van der Waals surface area contributed by atoms with Gasteiger partial charge in [0.25, 0.3) is 5.78 Å². The molecule has 1 N–H and O–H groups in total. The molecule has 42 heavy (non-hydrogen) atoms. The maximum absolute atomic E-state index is 13.6. The number of rotatable bonds is 10. The maximum Gasteiger partial charge on any atom is 0.301 e. The van der Waals surface area contributed by atoms with Crippen molar-refractivity contribution < 1.29 is 19.4 Å². The fraction of sp³-hybridized carbons (Fsp3) is 0.250. The number of hydrogen-bond donors (Lipinski definition) is 1. The second-order valence-electron chi connectivity index (χ2n) is 10.0. The van der Waals surface area contributed by atoms with Gasteiger partial charge in [-0.1, -0.05) is 90.0 Å². The molecule has 0 aliphatic carbocycles. The summed E-state index contributed by atoms with van der Waals surface area (Å²) in [5.41, 5.74) is 3.95. The number of Topliss-reactive ketones (excluding diaryl/α,β-unsaturated/α-hetero) is 1. The highest BCUT2D eigenvalue weighted by Crippen LogP contribution is 2.44. The van der Waals surface area contributed by atoms with Crippen molar-refractivity contribution in [2.45, 2.75) is 49.7 Å². The summed E-state index contributed by atoms with van der Waals surface area (Å²) < 4.78 is 6.47. The van der Waals surface area contributed by atoms with E-state index in [2.05, 4.69) is 17.1 Å². The van der Waals surface area contributed by atoms with Gasteiger partial charge in [0, 0.05) is 16.3 Å². The van der Waals surface area contributed by atoms with Crippen LogP contribution in [0.2, 0.25) is 5.02 Å². The average Bonchev–Trinajstić information content (AvgIpc) is 3.56. The Morgan fingerprint density at radius 2 is 1.79 bits per heavy atom. The normalized spacial score (nSPS) is 16.3. The lowest BCUT2D eigenvalue weighted by molar-refractivity contribution is -0.132. The van der Waals surface area contributed by atoms with Gasteiger partial charge >= 0.3 is 5.91 Å². The van der Waals surface area contributed by atoms with Gasteiger partial charge in [-0.2, -0.15) is 0 Å². The zero-order valence-electron chi connectivity index (χ0n) is 23.5. The van der Waals surface area contributed by atoms with Gasteiger partial charge in [0.15, 0.2) is 4.34 Å². The molecular formula is C32H30ClN3O4S2. The number of hydrogen-bond acceptors (Lipinski definition) is 8. The summed E-state index contributed by atoms with van der Waals surface area (Å²) in [5.74, 6) is -0.421. The Kier molecular flexibility index (Phi) is 9.30. The van der Waals surface area contributed by atoms with Crippen LogP contribution in [0.5, 0.6) is 5.75 Å². The second kappa shape index (κ2) is 13.1. The Balaban J connectivity index is 1.53. The van der Waals surface area contributed by atoms with E-state index >= 15 is 0 Å². The number of unbranched alkanes of at least 4 members (excludes halogenated alkanes) is 1. The lowest BCUT2D eigenvalue weighted by atomic mass is 9.93. The van der Waals surface area contributed by atoms with E-state index in [1.165, 1.54) is 28.0 Å². The van der Waals surface area contributed by atoms with Gasteiger partial charge in [-0.15, -0.1) is 10.2 Å². The zero-order valence-corrected chi connectivity index (χ0v) is 25.9. The van der Waals surface area contributed by atoms with Gasteiger partial charge in [0.2, 0.25) is 5.13 Å². The first kappa shape index (κ1) is 29.8. The summed E-state index contributed by atoms with van der Waals surface area (Å²) in [6.45, 7) is 6.47. The first-order valence-electron chi connectivity index (χ1n) is 13.6. The van der Waals surface area contributed by atoms with Gasteiger partial charge in [0.1, 0.15) is 11.5 Å². The number of ketones is 1. The number of aryl methyl sites for hydroxylation is 2. The van der Waals surface area contributed by atoms with Crippen LogP contribution in [0.1, 0.15) is 53.6 Å². The van der Waals surface area contributed by atoms with Crippen LogP contribution in [0.25, 0.3) is 5.76 Å². The molecule has 1 saturated heterocycles.